The molecular formula is C25H28N2O4. The molecule has 1 atom stereocenters. The fourth-order valence-electron chi connectivity index (χ4n) is 5.22. The summed E-state index contributed by atoms with van der Waals surface area (Å²) >= 11 is 0. The average molecular weight is 421 g/mol. The molecule has 31 heavy (non-hydrogen) atoms. The smallest absolute Gasteiger partial charge is 0.357 e. The number of hydrogen-bond acceptors (Lipinski definition) is 6. The van der Waals surface area contributed by atoms with E-state index in [0.717, 1.165) is 25.7 Å². The molecule has 6 heteroatoms. The molecule has 0 N–H and O–H groups in total. The molecule has 0 spiro atoms. The van der Waals surface area contributed by atoms with Crippen LogP contribution in [-0.4, -0.2) is 37.1 Å². The van der Waals surface area contributed by atoms with Crippen LogP contribution in [0, 0.1) is 0 Å². The Morgan fingerprint density at radius 2 is 1.87 bits per heavy atom. The van der Waals surface area contributed by atoms with Crippen LogP contribution in [0.5, 0.6) is 5.88 Å². The van der Waals surface area contributed by atoms with E-state index in [1.165, 1.54) is 40.7 Å². The number of esters is 1. The molecular weight excluding hydrogens is 392 g/mol. The first kappa shape index (κ1) is 20.0. The third-order valence-corrected chi connectivity index (χ3v) is 6.71. The van der Waals surface area contributed by atoms with Gasteiger partial charge in [0.15, 0.2) is 5.90 Å². The van der Waals surface area contributed by atoms with Crippen molar-refractivity contribution >= 4 is 11.9 Å². The molecule has 0 saturated carbocycles. The number of nitrogens with zero attached hydrogens (tertiary/aromatic N) is 2. The Kier molecular flexibility index (Phi) is 5.16. The first-order chi connectivity index (χ1) is 15.1. The van der Waals surface area contributed by atoms with Crippen LogP contribution >= 0.6 is 0 Å². The second-order valence-corrected chi connectivity index (χ2v) is 8.46. The highest BCUT2D eigenvalue weighted by atomic mass is 16.6. The lowest BCUT2D eigenvalue weighted by molar-refractivity contribution is -0.161. The second kappa shape index (κ2) is 7.98. The van der Waals surface area contributed by atoms with Gasteiger partial charge in [-0.2, -0.15) is 0 Å². The Balaban J connectivity index is 1.46. The van der Waals surface area contributed by atoms with Crippen molar-refractivity contribution in [3.05, 3.63) is 57.8 Å². The van der Waals surface area contributed by atoms with Crippen LogP contribution in [0.2, 0.25) is 0 Å². The quantitative estimate of drug-likeness (QED) is 0.669. The molecule has 0 fully saturated rings. The summed E-state index contributed by atoms with van der Waals surface area (Å²) in [5.74, 6) is 0.666. The fraction of sp³-hybridized carbons (Fsp3) is 0.480. The summed E-state index contributed by atoms with van der Waals surface area (Å²) in [6.07, 6.45) is 9.24. The zero-order valence-electron chi connectivity index (χ0n) is 18.2. The first-order valence-electron chi connectivity index (χ1n) is 11.2. The van der Waals surface area contributed by atoms with Crippen LogP contribution in [0.25, 0.3) is 0 Å². The number of fused-ring (bicyclic) bond motifs is 2. The van der Waals surface area contributed by atoms with Gasteiger partial charge in [-0.3, -0.25) is 4.99 Å². The summed E-state index contributed by atoms with van der Waals surface area (Å²) in [6, 6.07) is 5.96. The highest BCUT2D eigenvalue weighted by molar-refractivity contribution is 5.91. The van der Waals surface area contributed by atoms with Crippen molar-refractivity contribution in [2.45, 2.75) is 57.5 Å². The zero-order valence-corrected chi connectivity index (χ0v) is 18.2. The molecule has 2 aliphatic carbocycles. The Hall–Kier alpha value is -2.89. The third-order valence-electron chi connectivity index (χ3n) is 6.71. The SMILES string of the molecule is CCOC(=O)C1(c2ccc(OC)nc2)CN=C(Cc2c3c(cc4c2CCC4)CCC3)O1. The molecule has 1 aromatic carbocycles. The van der Waals surface area contributed by atoms with Gasteiger partial charge in [0.05, 0.1) is 20.3 Å². The number of pyridine rings is 1. The minimum absolute atomic E-state index is 0.201. The Bertz CT molecular complexity index is 1010. The minimum Gasteiger partial charge on any atom is -0.481 e. The van der Waals surface area contributed by atoms with Crippen LogP contribution in [0.4, 0.5) is 0 Å². The van der Waals surface area contributed by atoms with Gasteiger partial charge in [-0.1, -0.05) is 6.07 Å². The number of hydrogen-bond donors (Lipinski definition) is 0. The summed E-state index contributed by atoms with van der Waals surface area (Å²) < 4.78 is 16.9. The van der Waals surface area contributed by atoms with Crippen molar-refractivity contribution in [1.29, 1.82) is 0 Å². The van der Waals surface area contributed by atoms with Gasteiger partial charge in [0.25, 0.3) is 5.60 Å². The van der Waals surface area contributed by atoms with Crippen molar-refractivity contribution in [2.75, 3.05) is 20.3 Å². The average Bonchev–Trinajstić information content (AvgIpc) is 3.54. The molecule has 1 aliphatic heterocycles. The summed E-state index contributed by atoms with van der Waals surface area (Å²) in [4.78, 5) is 22.0. The van der Waals surface area contributed by atoms with Crippen LogP contribution < -0.4 is 4.74 Å². The maximum Gasteiger partial charge on any atom is 0.357 e. The van der Waals surface area contributed by atoms with E-state index in [9.17, 15) is 4.79 Å². The van der Waals surface area contributed by atoms with Crippen molar-refractivity contribution in [3.8, 4) is 5.88 Å². The van der Waals surface area contributed by atoms with Gasteiger partial charge in [0, 0.05) is 24.2 Å². The van der Waals surface area contributed by atoms with Gasteiger partial charge in [-0.05, 0) is 79.3 Å². The molecule has 5 rings (SSSR count). The Morgan fingerprint density at radius 1 is 1.13 bits per heavy atom. The molecule has 1 aromatic heterocycles. The fourth-order valence-corrected chi connectivity index (χ4v) is 5.22. The number of carbonyl (C=O) groups is 1. The predicted molar refractivity (Wildman–Crippen MR) is 117 cm³/mol. The van der Waals surface area contributed by atoms with E-state index in [0.29, 0.717) is 23.8 Å². The van der Waals surface area contributed by atoms with E-state index >= 15 is 0 Å². The van der Waals surface area contributed by atoms with Crippen LogP contribution in [0.1, 0.15) is 53.1 Å². The number of carbonyl (C=O) groups excluding carboxylic acids is 1. The lowest BCUT2D eigenvalue weighted by Crippen LogP contribution is -2.41. The number of aliphatic imine (C=N–C) groups is 1. The van der Waals surface area contributed by atoms with E-state index in [-0.39, 0.29) is 13.2 Å². The van der Waals surface area contributed by atoms with E-state index in [2.05, 4.69) is 11.1 Å². The predicted octanol–water partition coefficient (Wildman–Crippen LogP) is 3.50. The number of aromatic nitrogens is 1. The van der Waals surface area contributed by atoms with E-state index in [1.807, 2.05) is 0 Å². The summed E-state index contributed by atoms with van der Waals surface area (Å²) in [5.41, 5.74) is 6.67. The third kappa shape index (κ3) is 3.38. The van der Waals surface area contributed by atoms with Crippen LogP contribution in [0.3, 0.4) is 0 Å². The molecule has 2 aromatic rings. The summed E-state index contributed by atoms with van der Waals surface area (Å²) in [6.45, 7) is 2.28. The zero-order chi connectivity index (χ0) is 21.4. The number of rotatable bonds is 6. The Labute approximate surface area is 182 Å². The van der Waals surface area contributed by atoms with Crippen LogP contribution in [0.15, 0.2) is 29.4 Å². The van der Waals surface area contributed by atoms with E-state index < -0.39 is 11.6 Å². The van der Waals surface area contributed by atoms with Crippen LogP contribution in [-0.2, 0) is 52.0 Å². The first-order valence-corrected chi connectivity index (χ1v) is 11.2. The van der Waals surface area contributed by atoms with Crippen molar-refractivity contribution < 1.29 is 19.0 Å². The molecule has 6 nitrogen and oxygen atoms in total. The highest BCUT2D eigenvalue weighted by Crippen LogP contribution is 2.38. The normalized spacial score (nSPS) is 21.3. The topological polar surface area (TPSA) is 70.0 Å². The van der Waals surface area contributed by atoms with Crippen molar-refractivity contribution in [2.24, 2.45) is 4.99 Å². The van der Waals surface area contributed by atoms with Gasteiger partial charge in [0.2, 0.25) is 5.88 Å². The molecule has 0 radical (unpaired) electrons. The lowest BCUT2D eigenvalue weighted by atomic mass is 9.92. The molecule has 3 aliphatic rings. The van der Waals surface area contributed by atoms with E-state index in [4.69, 9.17) is 19.2 Å². The Morgan fingerprint density at radius 3 is 2.48 bits per heavy atom. The second-order valence-electron chi connectivity index (χ2n) is 8.46. The van der Waals surface area contributed by atoms with Gasteiger partial charge >= 0.3 is 5.97 Å². The molecule has 1 unspecified atom stereocenters. The maximum atomic E-state index is 13.0. The number of methoxy groups -OCH3 is 1. The highest BCUT2D eigenvalue weighted by Gasteiger charge is 2.49. The maximum absolute atomic E-state index is 13.0. The summed E-state index contributed by atoms with van der Waals surface area (Å²) in [5, 5.41) is 0. The lowest BCUT2D eigenvalue weighted by Gasteiger charge is -2.26. The van der Waals surface area contributed by atoms with Gasteiger partial charge < -0.3 is 14.2 Å². The number of aryl methyl sites for hydroxylation is 2. The standard InChI is InChI=1S/C25H28N2O4/c1-3-30-24(28)25(18-10-11-22(29-2)26-14-18)15-27-23(31-25)13-21-19-8-4-6-16(19)12-17-7-5-9-20(17)21/h10-12,14H,3-9,13,15H2,1-2H3. The molecule has 162 valence electrons. The van der Waals surface area contributed by atoms with Gasteiger partial charge in [-0.25, -0.2) is 9.78 Å². The van der Waals surface area contributed by atoms with Crippen molar-refractivity contribution in [1.82, 2.24) is 4.98 Å². The largest absolute Gasteiger partial charge is 0.481 e. The van der Waals surface area contributed by atoms with Gasteiger partial charge in [0.1, 0.15) is 0 Å². The van der Waals surface area contributed by atoms with Crippen molar-refractivity contribution in [3.63, 3.8) is 0 Å². The van der Waals surface area contributed by atoms with Gasteiger partial charge in [-0.15, -0.1) is 0 Å². The molecule has 0 amide bonds. The summed E-state index contributed by atoms with van der Waals surface area (Å²) in [7, 11) is 1.56. The molecule has 0 saturated heterocycles. The molecule has 0 bridgehead atoms. The monoisotopic (exact) mass is 420 g/mol. The number of ether oxygens (including phenoxy) is 3. The van der Waals surface area contributed by atoms with E-state index in [1.54, 1.807) is 32.4 Å². The minimum atomic E-state index is -1.29. The number of benzene rings is 1. The molecule has 2 heterocycles.